The molecule has 0 spiro atoms. The van der Waals surface area contributed by atoms with Gasteiger partial charge >= 0.3 is 29.6 Å². The van der Waals surface area contributed by atoms with Crippen molar-refractivity contribution in [3.05, 3.63) is 35.5 Å². The fourth-order valence-corrected chi connectivity index (χ4v) is 0.782. The summed E-state index contributed by atoms with van der Waals surface area (Å²) in [5, 5.41) is 6.86. The zero-order chi connectivity index (χ0) is 5.82. The van der Waals surface area contributed by atoms with Gasteiger partial charge in [0, 0.05) is 0 Å². The van der Waals surface area contributed by atoms with Gasteiger partial charge in [0.2, 0.25) is 0 Å². The van der Waals surface area contributed by atoms with Gasteiger partial charge in [0.15, 0.2) is 0 Å². The van der Waals surface area contributed by atoms with Crippen molar-refractivity contribution < 1.29 is 29.6 Å². The summed E-state index contributed by atoms with van der Waals surface area (Å²) in [7, 11) is 0. The third-order valence-corrected chi connectivity index (χ3v) is 1.37. The Morgan fingerprint density at radius 2 is 1.60 bits per heavy atom. The van der Waals surface area contributed by atoms with E-state index in [1.165, 1.54) is 0 Å². The third kappa shape index (κ3) is 4.33. The van der Waals surface area contributed by atoms with E-state index in [9.17, 15) is 0 Å². The molecule has 50 valence electrons. The molecule has 0 saturated carbocycles. The maximum Gasteiger partial charge on any atom is 1.00 e. The second-order valence-electron chi connectivity index (χ2n) is 1.42. The predicted octanol–water partition coefficient (Wildman–Crippen LogP) is -0.0881. The van der Waals surface area contributed by atoms with Crippen molar-refractivity contribution in [2.75, 3.05) is 0 Å². The van der Waals surface area contributed by atoms with Crippen LogP contribution in [0.25, 0.3) is 5.14 Å². The molecule has 0 unspecified atom stereocenters. The molecule has 0 fully saturated rings. The molecule has 0 amide bonds. The number of rotatable bonds is 1. The Labute approximate surface area is 87.6 Å². The van der Waals surface area contributed by atoms with E-state index in [-0.39, 0.29) is 35.7 Å². The summed E-state index contributed by atoms with van der Waals surface area (Å²) >= 11 is 1.02. The van der Waals surface area contributed by atoms with E-state index in [2.05, 4.69) is 0 Å². The maximum absolute atomic E-state index is 6.86. The minimum atomic E-state index is 0. The van der Waals surface area contributed by atoms with Gasteiger partial charge in [-0.2, -0.15) is 0 Å². The second-order valence-corrected chi connectivity index (χ2v) is 2.09. The zero-order valence-corrected chi connectivity index (χ0v) is 8.82. The van der Waals surface area contributed by atoms with Crippen LogP contribution in [0, 0.1) is 0 Å². The molecule has 0 atom stereocenters. The molecule has 1 aromatic carbocycles. The number of hydrogen-bond acceptors (Lipinski definition) is 2. The molecule has 4 N–H and O–H groups in total. The van der Waals surface area contributed by atoms with E-state index >= 15 is 0 Å². The standard InChI is InChI=1S/C6H6NS.H3N.Na/c7-8-6-4-2-1-3-5-6;;/h1-5,7H;1H3;/q-1;;+1. The third-order valence-electron chi connectivity index (χ3n) is 0.861. The molecular weight excluding hydrogens is 155 g/mol. The summed E-state index contributed by atoms with van der Waals surface area (Å²) in [6.45, 7) is 0. The first-order valence-electron chi connectivity index (χ1n) is 2.32. The van der Waals surface area contributed by atoms with Gasteiger partial charge in [0.05, 0.1) is 0 Å². The van der Waals surface area contributed by atoms with Crippen molar-refractivity contribution >= 4 is 11.9 Å². The molecule has 10 heavy (non-hydrogen) atoms. The molecule has 0 aliphatic rings. The fourth-order valence-electron chi connectivity index (χ4n) is 0.489. The Bertz CT molecular complexity index is 157. The first kappa shape index (κ1) is 13.1. The van der Waals surface area contributed by atoms with Gasteiger partial charge in [0.25, 0.3) is 0 Å². The monoisotopic (exact) mass is 164 g/mol. The molecule has 0 aliphatic heterocycles. The Morgan fingerprint density at radius 1 is 1.10 bits per heavy atom. The van der Waals surface area contributed by atoms with Crippen molar-refractivity contribution in [1.82, 2.24) is 6.15 Å². The van der Waals surface area contributed by atoms with Crippen LogP contribution in [-0.2, 0) is 0 Å². The average Bonchev–Trinajstić information content (AvgIpc) is 1.90. The van der Waals surface area contributed by atoms with E-state index in [1.807, 2.05) is 30.3 Å². The van der Waals surface area contributed by atoms with Crippen LogP contribution in [-0.4, -0.2) is 0 Å². The van der Waals surface area contributed by atoms with Crippen molar-refractivity contribution in [2.24, 2.45) is 0 Å². The summed E-state index contributed by atoms with van der Waals surface area (Å²) in [5.41, 5.74) is 0. The molecule has 0 heterocycles. The van der Waals surface area contributed by atoms with E-state index < -0.39 is 0 Å². The SMILES string of the molecule is N.[NH-]Sc1ccccc1.[Na+]. The zero-order valence-electron chi connectivity index (χ0n) is 6.00. The molecule has 2 nitrogen and oxygen atoms in total. The topological polar surface area (TPSA) is 58.8 Å². The molecule has 0 aliphatic carbocycles. The first-order chi connectivity index (χ1) is 3.93. The molecule has 1 aromatic rings. The molecule has 0 bridgehead atoms. The summed E-state index contributed by atoms with van der Waals surface area (Å²) in [6.07, 6.45) is 0. The molecule has 4 heteroatoms. The van der Waals surface area contributed by atoms with Crippen molar-refractivity contribution in [3.8, 4) is 0 Å². The first-order valence-corrected chi connectivity index (χ1v) is 3.14. The van der Waals surface area contributed by atoms with Gasteiger partial charge in [0.1, 0.15) is 0 Å². The summed E-state index contributed by atoms with van der Waals surface area (Å²) < 4.78 is 0. The fraction of sp³-hybridized carbons (Fsp3) is 0. The summed E-state index contributed by atoms with van der Waals surface area (Å²) in [4.78, 5) is 0.993. The Morgan fingerprint density at radius 3 is 1.90 bits per heavy atom. The van der Waals surface area contributed by atoms with Crippen molar-refractivity contribution in [2.45, 2.75) is 4.90 Å². The molecule has 0 radical (unpaired) electrons. The minimum absolute atomic E-state index is 0. The summed E-state index contributed by atoms with van der Waals surface area (Å²) in [5.74, 6) is 0. The maximum atomic E-state index is 6.86. The van der Waals surface area contributed by atoms with E-state index in [0.717, 1.165) is 16.8 Å². The molecule has 0 aromatic heterocycles. The van der Waals surface area contributed by atoms with Crippen LogP contribution >= 0.6 is 11.9 Å². The van der Waals surface area contributed by atoms with Crippen LogP contribution in [0.15, 0.2) is 35.2 Å². The van der Waals surface area contributed by atoms with E-state index in [0.29, 0.717) is 0 Å². The Kier molecular flexibility index (Phi) is 9.96. The molecular formula is C6H9N2NaS. The minimum Gasteiger partial charge on any atom is -0.617 e. The van der Waals surface area contributed by atoms with Crippen LogP contribution in [0.5, 0.6) is 0 Å². The Hall–Kier alpha value is 0.490. The smallest absolute Gasteiger partial charge is 0.617 e. The van der Waals surface area contributed by atoms with Gasteiger partial charge in [-0.25, -0.2) is 0 Å². The number of benzene rings is 1. The van der Waals surface area contributed by atoms with Gasteiger partial charge in [-0.3, -0.25) is 11.9 Å². The van der Waals surface area contributed by atoms with Crippen molar-refractivity contribution in [1.29, 1.82) is 0 Å². The normalized spacial score (nSPS) is 7.30. The Balaban J connectivity index is 0. The van der Waals surface area contributed by atoms with Crippen LogP contribution in [0.2, 0.25) is 0 Å². The van der Waals surface area contributed by atoms with Crippen LogP contribution in [0.1, 0.15) is 0 Å². The van der Waals surface area contributed by atoms with E-state index in [1.54, 1.807) is 0 Å². The van der Waals surface area contributed by atoms with Crippen LogP contribution < -0.4 is 35.7 Å². The van der Waals surface area contributed by atoms with E-state index in [4.69, 9.17) is 5.14 Å². The molecule has 0 saturated heterocycles. The summed E-state index contributed by atoms with van der Waals surface area (Å²) in [6, 6.07) is 9.63. The molecule has 1 rings (SSSR count). The van der Waals surface area contributed by atoms with Gasteiger partial charge in [-0.05, 0) is 4.90 Å². The van der Waals surface area contributed by atoms with Gasteiger partial charge < -0.3 is 11.3 Å². The van der Waals surface area contributed by atoms with Gasteiger partial charge in [-0.1, -0.05) is 30.3 Å². The quantitative estimate of drug-likeness (QED) is 0.466. The number of nitrogens with one attached hydrogen (secondary N) is 1. The predicted molar refractivity (Wildman–Crippen MR) is 41.6 cm³/mol. The van der Waals surface area contributed by atoms with Gasteiger partial charge in [-0.15, -0.1) is 0 Å². The second kappa shape index (κ2) is 7.60. The van der Waals surface area contributed by atoms with Crippen LogP contribution in [0.3, 0.4) is 0 Å². The number of hydrogen-bond donors (Lipinski definition) is 1. The van der Waals surface area contributed by atoms with Crippen molar-refractivity contribution in [3.63, 3.8) is 0 Å². The van der Waals surface area contributed by atoms with Crippen LogP contribution in [0.4, 0.5) is 0 Å². The largest absolute Gasteiger partial charge is 1.00 e. The average molecular weight is 164 g/mol.